The van der Waals surface area contributed by atoms with Gasteiger partial charge in [-0.1, -0.05) is 29.8 Å². The van der Waals surface area contributed by atoms with Gasteiger partial charge in [-0.25, -0.2) is 10.2 Å². The fourth-order valence-corrected chi connectivity index (χ4v) is 2.16. The summed E-state index contributed by atoms with van der Waals surface area (Å²) in [6.07, 6.45) is 1.23. The van der Waals surface area contributed by atoms with Crippen molar-refractivity contribution < 1.29 is 24.2 Å². The molecule has 0 unspecified atom stereocenters. The molecule has 0 saturated carbocycles. The first-order valence-corrected chi connectivity index (χ1v) is 7.99. The monoisotopic (exact) mass is 369 g/mol. The second kappa shape index (κ2) is 9.14. The summed E-state index contributed by atoms with van der Waals surface area (Å²) >= 11 is 0. The average Bonchev–Trinajstić information content (AvgIpc) is 2.67. The predicted molar refractivity (Wildman–Crippen MR) is 98.7 cm³/mol. The van der Waals surface area contributed by atoms with Crippen LogP contribution in [0.15, 0.2) is 47.6 Å². The Balaban J connectivity index is 1.90. The quantitative estimate of drug-likeness (QED) is 0.405. The Bertz CT molecular complexity index is 875. The standard InChI is InChI=1S/C19H19N3O5/c1-12-3-5-13(6-4-12)10-20-17(23)18(24)22-21-11-14-7-8-16(27-2)15(9-14)19(25)26/h3-9,11H,10H2,1-2H3,(H,20,23)(H,22,24)(H,25,26)/b21-11-. The van der Waals surface area contributed by atoms with E-state index < -0.39 is 17.8 Å². The van der Waals surface area contributed by atoms with Gasteiger partial charge in [0.1, 0.15) is 11.3 Å². The maximum atomic E-state index is 11.8. The van der Waals surface area contributed by atoms with Crippen LogP contribution < -0.4 is 15.5 Å². The maximum absolute atomic E-state index is 11.8. The van der Waals surface area contributed by atoms with Crippen LogP contribution >= 0.6 is 0 Å². The van der Waals surface area contributed by atoms with Crippen LogP contribution in [0.1, 0.15) is 27.0 Å². The molecule has 0 aliphatic heterocycles. The molecule has 0 bridgehead atoms. The fraction of sp³-hybridized carbons (Fsp3) is 0.158. The van der Waals surface area contributed by atoms with Gasteiger partial charge in [0.25, 0.3) is 0 Å². The number of carboxylic acids is 1. The van der Waals surface area contributed by atoms with Crippen molar-refractivity contribution in [2.24, 2.45) is 5.10 Å². The molecular formula is C19H19N3O5. The highest BCUT2D eigenvalue weighted by Gasteiger charge is 2.13. The number of methoxy groups -OCH3 is 1. The molecule has 0 aliphatic rings. The summed E-state index contributed by atoms with van der Waals surface area (Å²) in [5.41, 5.74) is 4.44. The van der Waals surface area contributed by atoms with E-state index in [2.05, 4.69) is 15.8 Å². The number of nitrogens with zero attached hydrogens (tertiary/aromatic N) is 1. The van der Waals surface area contributed by atoms with E-state index in [1.807, 2.05) is 31.2 Å². The van der Waals surface area contributed by atoms with Crippen LogP contribution in [-0.4, -0.2) is 36.2 Å². The van der Waals surface area contributed by atoms with Crippen LogP contribution in [0.3, 0.4) is 0 Å². The fourth-order valence-electron chi connectivity index (χ4n) is 2.16. The van der Waals surface area contributed by atoms with E-state index in [4.69, 9.17) is 9.84 Å². The van der Waals surface area contributed by atoms with Gasteiger partial charge in [0.15, 0.2) is 0 Å². The number of ether oxygens (including phenoxy) is 1. The summed E-state index contributed by atoms with van der Waals surface area (Å²) in [6.45, 7) is 2.17. The molecule has 27 heavy (non-hydrogen) atoms. The number of hydrazone groups is 1. The maximum Gasteiger partial charge on any atom is 0.339 e. The van der Waals surface area contributed by atoms with Crippen molar-refractivity contribution in [2.45, 2.75) is 13.5 Å². The van der Waals surface area contributed by atoms with Crippen molar-refractivity contribution in [3.05, 3.63) is 64.7 Å². The van der Waals surface area contributed by atoms with Gasteiger partial charge in [-0.2, -0.15) is 5.10 Å². The molecule has 8 heteroatoms. The van der Waals surface area contributed by atoms with Crippen LogP contribution in [0.25, 0.3) is 0 Å². The topological polar surface area (TPSA) is 117 Å². The first-order chi connectivity index (χ1) is 12.9. The summed E-state index contributed by atoms with van der Waals surface area (Å²) in [4.78, 5) is 34.7. The number of benzene rings is 2. The molecule has 140 valence electrons. The minimum atomic E-state index is -1.15. The van der Waals surface area contributed by atoms with Gasteiger partial charge in [0.2, 0.25) is 0 Å². The third kappa shape index (κ3) is 5.67. The van der Waals surface area contributed by atoms with E-state index in [0.717, 1.165) is 11.1 Å². The van der Waals surface area contributed by atoms with Crippen LogP contribution in [0.5, 0.6) is 5.75 Å². The first kappa shape index (κ1) is 19.6. The molecule has 0 heterocycles. The molecule has 0 aliphatic carbocycles. The summed E-state index contributed by atoms with van der Waals surface area (Å²) in [5.74, 6) is -2.69. The van der Waals surface area contributed by atoms with Crippen molar-refractivity contribution >= 4 is 24.0 Å². The Morgan fingerprint density at radius 3 is 2.44 bits per heavy atom. The molecule has 2 aromatic carbocycles. The number of carbonyl (C=O) groups is 3. The Morgan fingerprint density at radius 1 is 1.11 bits per heavy atom. The largest absolute Gasteiger partial charge is 0.496 e. The zero-order chi connectivity index (χ0) is 19.8. The zero-order valence-corrected chi connectivity index (χ0v) is 14.9. The average molecular weight is 369 g/mol. The minimum Gasteiger partial charge on any atom is -0.496 e. The molecule has 2 amide bonds. The summed E-state index contributed by atoms with van der Waals surface area (Å²) < 4.78 is 4.96. The van der Waals surface area contributed by atoms with Gasteiger partial charge in [-0.3, -0.25) is 9.59 Å². The molecule has 8 nitrogen and oxygen atoms in total. The van der Waals surface area contributed by atoms with Crippen molar-refractivity contribution in [3.8, 4) is 5.75 Å². The number of rotatable bonds is 6. The SMILES string of the molecule is COc1ccc(/C=N\NC(=O)C(=O)NCc2ccc(C)cc2)cc1C(=O)O. The third-order valence-electron chi connectivity index (χ3n) is 3.61. The lowest BCUT2D eigenvalue weighted by Gasteiger charge is -2.05. The minimum absolute atomic E-state index is 0.0383. The highest BCUT2D eigenvalue weighted by atomic mass is 16.5. The van der Waals surface area contributed by atoms with Crippen LogP contribution in [0, 0.1) is 6.92 Å². The Labute approximate surface area is 155 Å². The van der Waals surface area contributed by atoms with Crippen molar-refractivity contribution in [1.29, 1.82) is 0 Å². The second-order valence-electron chi connectivity index (χ2n) is 5.63. The van der Waals surface area contributed by atoms with Crippen LogP contribution in [0.4, 0.5) is 0 Å². The number of nitrogens with one attached hydrogen (secondary N) is 2. The predicted octanol–water partition coefficient (Wildman–Crippen LogP) is 1.47. The lowest BCUT2D eigenvalue weighted by atomic mass is 10.1. The van der Waals surface area contributed by atoms with Gasteiger partial charge in [-0.15, -0.1) is 0 Å². The van der Waals surface area contributed by atoms with E-state index in [0.29, 0.717) is 5.56 Å². The van der Waals surface area contributed by atoms with Gasteiger partial charge < -0.3 is 15.2 Å². The van der Waals surface area contributed by atoms with Gasteiger partial charge in [0.05, 0.1) is 13.3 Å². The summed E-state index contributed by atoms with van der Waals surface area (Å²) in [5, 5.41) is 15.3. The first-order valence-electron chi connectivity index (χ1n) is 7.99. The van der Waals surface area contributed by atoms with Crippen LogP contribution in [-0.2, 0) is 16.1 Å². The smallest absolute Gasteiger partial charge is 0.339 e. The normalized spacial score (nSPS) is 10.4. The second-order valence-corrected chi connectivity index (χ2v) is 5.63. The van der Waals surface area contributed by atoms with Crippen LogP contribution in [0.2, 0.25) is 0 Å². The van der Waals surface area contributed by atoms with Gasteiger partial charge >= 0.3 is 17.8 Å². The van der Waals surface area contributed by atoms with E-state index in [9.17, 15) is 14.4 Å². The molecule has 0 saturated heterocycles. The number of hydrogen-bond donors (Lipinski definition) is 3. The number of carboxylic acid groups (broad SMARTS) is 1. The highest BCUT2D eigenvalue weighted by Crippen LogP contribution is 2.18. The molecule has 2 aromatic rings. The molecule has 0 spiro atoms. The number of aryl methyl sites for hydroxylation is 1. The summed E-state index contributed by atoms with van der Waals surface area (Å²) in [7, 11) is 1.37. The molecule has 0 fully saturated rings. The number of amides is 2. The third-order valence-corrected chi connectivity index (χ3v) is 3.61. The van der Waals surface area contributed by atoms with Gasteiger partial charge in [0, 0.05) is 6.54 Å². The molecular weight excluding hydrogens is 350 g/mol. The zero-order valence-electron chi connectivity index (χ0n) is 14.9. The van der Waals surface area contributed by atoms with E-state index in [1.165, 1.54) is 25.5 Å². The van der Waals surface area contributed by atoms with E-state index in [-0.39, 0.29) is 17.9 Å². The molecule has 2 rings (SSSR count). The van der Waals surface area contributed by atoms with Crippen molar-refractivity contribution in [1.82, 2.24) is 10.7 Å². The van der Waals surface area contributed by atoms with Gasteiger partial charge in [-0.05, 0) is 36.2 Å². The van der Waals surface area contributed by atoms with Crippen molar-refractivity contribution in [3.63, 3.8) is 0 Å². The number of hydrogen-bond acceptors (Lipinski definition) is 5. The highest BCUT2D eigenvalue weighted by molar-refractivity contribution is 6.35. The molecule has 0 radical (unpaired) electrons. The summed E-state index contributed by atoms with van der Waals surface area (Å²) in [6, 6.07) is 11.9. The number of aromatic carboxylic acids is 1. The molecule has 0 atom stereocenters. The number of carbonyl (C=O) groups excluding carboxylic acids is 2. The Kier molecular flexibility index (Phi) is 6.65. The molecule has 0 aromatic heterocycles. The molecule has 3 N–H and O–H groups in total. The lowest BCUT2D eigenvalue weighted by Crippen LogP contribution is -2.37. The Hall–Kier alpha value is -3.68. The van der Waals surface area contributed by atoms with E-state index in [1.54, 1.807) is 6.07 Å². The lowest BCUT2D eigenvalue weighted by molar-refractivity contribution is -0.139. The van der Waals surface area contributed by atoms with Crippen molar-refractivity contribution in [2.75, 3.05) is 7.11 Å². The Morgan fingerprint density at radius 2 is 1.81 bits per heavy atom. The van der Waals surface area contributed by atoms with E-state index >= 15 is 0 Å².